The number of halogens is 7. The molecule has 0 fully saturated rings. The molecule has 0 N–H and O–H groups in total. The van der Waals surface area contributed by atoms with Gasteiger partial charge in [-0.25, -0.2) is 0 Å². The molecular weight excluding hydrogens is 396 g/mol. The molecule has 0 radical (unpaired) electrons. The molecule has 0 saturated heterocycles. The van der Waals surface area contributed by atoms with E-state index >= 15 is 0 Å². The number of hydrogen-bond donors (Lipinski definition) is 0. The number of pyridine rings is 1. The first-order valence-corrected chi connectivity index (χ1v) is 7.45. The quantitative estimate of drug-likeness (QED) is 0.599. The molecule has 0 aliphatic heterocycles. The van der Waals surface area contributed by atoms with Gasteiger partial charge in [-0.15, -0.1) is 20.4 Å². The summed E-state index contributed by atoms with van der Waals surface area (Å²) in [5.74, 6) is 0. The van der Waals surface area contributed by atoms with E-state index in [2.05, 4.69) is 20.4 Å². The fourth-order valence-corrected chi connectivity index (χ4v) is 2.75. The van der Waals surface area contributed by atoms with Gasteiger partial charge in [0.15, 0.2) is 11.3 Å². The smallest absolute Gasteiger partial charge is 0.275 e. The highest BCUT2D eigenvalue weighted by Crippen LogP contribution is 2.34. The maximum atomic E-state index is 12.9. The summed E-state index contributed by atoms with van der Waals surface area (Å²) in [5.41, 5.74) is -2.24. The minimum absolute atomic E-state index is 0.00386. The average Bonchev–Trinajstić information content (AvgIpc) is 2.90. The van der Waals surface area contributed by atoms with E-state index in [1.165, 1.54) is 0 Å². The predicted octanol–water partition coefficient (Wildman–Crippen LogP) is 4.36. The van der Waals surface area contributed by atoms with Crippen molar-refractivity contribution in [3.05, 3.63) is 40.7 Å². The fourth-order valence-electron chi connectivity index (χ4n) is 1.78. The van der Waals surface area contributed by atoms with Crippen molar-refractivity contribution in [3.63, 3.8) is 0 Å². The van der Waals surface area contributed by atoms with E-state index in [4.69, 9.17) is 11.6 Å². The first kappa shape index (κ1) is 17.7. The summed E-state index contributed by atoms with van der Waals surface area (Å²) in [4.78, 5) is 0. The van der Waals surface area contributed by atoms with Crippen LogP contribution in [-0.4, -0.2) is 24.8 Å². The molecule has 0 saturated carbocycles. The van der Waals surface area contributed by atoms with Crippen molar-refractivity contribution in [1.29, 1.82) is 0 Å². The monoisotopic (exact) mass is 399 g/mol. The summed E-state index contributed by atoms with van der Waals surface area (Å²) in [6.07, 6.45) is -8.55. The molecule has 25 heavy (non-hydrogen) atoms. The second kappa shape index (κ2) is 6.02. The summed E-state index contributed by atoms with van der Waals surface area (Å²) in [5, 5.41) is 13.4. The molecule has 5 nitrogen and oxygen atoms in total. The Morgan fingerprint density at radius 3 is 2.20 bits per heavy atom. The molecule has 3 aromatic rings. The second-order valence-corrected chi connectivity index (χ2v) is 6.00. The van der Waals surface area contributed by atoms with Gasteiger partial charge >= 0.3 is 12.4 Å². The largest absolute Gasteiger partial charge is 0.435 e. The normalized spacial score (nSPS) is 12.8. The van der Waals surface area contributed by atoms with Crippen LogP contribution >= 0.6 is 23.4 Å². The summed E-state index contributed by atoms with van der Waals surface area (Å²) >= 11 is 6.46. The molecule has 0 spiro atoms. The van der Waals surface area contributed by atoms with Crippen LogP contribution in [0.25, 0.3) is 5.65 Å². The van der Waals surface area contributed by atoms with E-state index in [9.17, 15) is 26.3 Å². The summed E-state index contributed by atoms with van der Waals surface area (Å²) in [6, 6.07) is 2.43. The first-order chi connectivity index (χ1) is 11.6. The fraction of sp³-hybridized carbons (Fsp3) is 0.167. The average molecular weight is 400 g/mol. The Morgan fingerprint density at radius 2 is 1.64 bits per heavy atom. The summed E-state index contributed by atoms with van der Waals surface area (Å²) in [6.45, 7) is 0. The van der Waals surface area contributed by atoms with Gasteiger partial charge < -0.3 is 0 Å². The Balaban J connectivity index is 1.98. The molecule has 132 valence electrons. The molecule has 0 amide bonds. The highest BCUT2D eigenvalue weighted by Gasteiger charge is 2.33. The molecule has 0 aromatic carbocycles. The van der Waals surface area contributed by atoms with Gasteiger partial charge in [0.05, 0.1) is 10.6 Å². The standard InChI is InChI=1S/C12H4ClF6N5S/c13-6-3-5(11(14,15)16)4-24-9(6)22-23-10(24)25-8-2-1-7(20-21-8)12(17,18)19/h1-4H. The van der Waals surface area contributed by atoms with E-state index in [-0.39, 0.29) is 20.9 Å². The number of alkyl halides is 6. The highest BCUT2D eigenvalue weighted by molar-refractivity contribution is 7.99. The van der Waals surface area contributed by atoms with Crippen LogP contribution in [0.1, 0.15) is 11.3 Å². The topological polar surface area (TPSA) is 56.0 Å². The van der Waals surface area contributed by atoms with E-state index in [1.807, 2.05) is 0 Å². The lowest BCUT2D eigenvalue weighted by Crippen LogP contribution is -2.09. The predicted molar refractivity (Wildman–Crippen MR) is 74.2 cm³/mol. The zero-order valence-electron chi connectivity index (χ0n) is 11.6. The molecule has 3 rings (SSSR count). The molecule has 0 unspecified atom stereocenters. The summed E-state index contributed by atoms with van der Waals surface area (Å²) < 4.78 is 76.9. The Hall–Kier alpha value is -2.08. The van der Waals surface area contributed by atoms with Crippen LogP contribution in [0, 0.1) is 0 Å². The molecule has 13 heteroatoms. The van der Waals surface area contributed by atoms with Crippen molar-refractivity contribution < 1.29 is 26.3 Å². The lowest BCUT2D eigenvalue weighted by molar-refractivity contribution is -0.142. The van der Waals surface area contributed by atoms with Gasteiger partial charge in [-0.05, 0) is 30.0 Å². The zero-order chi connectivity index (χ0) is 18.4. The maximum absolute atomic E-state index is 12.9. The van der Waals surface area contributed by atoms with Crippen molar-refractivity contribution in [3.8, 4) is 0 Å². The van der Waals surface area contributed by atoms with Gasteiger partial charge in [0.1, 0.15) is 5.03 Å². The molecule has 3 aromatic heterocycles. The molecule has 0 atom stereocenters. The third kappa shape index (κ3) is 3.63. The van der Waals surface area contributed by atoms with Gasteiger partial charge in [0.25, 0.3) is 0 Å². The van der Waals surface area contributed by atoms with Gasteiger partial charge in [-0.3, -0.25) is 4.40 Å². The Bertz CT molecular complexity index is 921. The number of rotatable bonds is 2. The van der Waals surface area contributed by atoms with Crippen molar-refractivity contribution in [1.82, 2.24) is 24.8 Å². The van der Waals surface area contributed by atoms with Crippen molar-refractivity contribution >= 4 is 29.0 Å². The Kier molecular flexibility index (Phi) is 4.27. The van der Waals surface area contributed by atoms with Crippen LogP contribution in [-0.2, 0) is 12.4 Å². The van der Waals surface area contributed by atoms with Crippen LogP contribution in [0.15, 0.2) is 34.6 Å². The van der Waals surface area contributed by atoms with Crippen molar-refractivity contribution in [2.45, 2.75) is 22.5 Å². The second-order valence-electron chi connectivity index (χ2n) is 4.61. The molecule has 0 aliphatic rings. The van der Waals surface area contributed by atoms with E-state index in [1.54, 1.807) is 0 Å². The van der Waals surface area contributed by atoms with Gasteiger partial charge in [-0.1, -0.05) is 11.6 Å². The number of hydrogen-bond acceptors (Lipinski definition) is 5. The lowest BCUT2D eigenvalue weighted by atomic mass is 10.3. The number of aromatic nitrogens is 5. The Labute approximate surface area is 144 Å². The van der Waals surface area contributed by atoms with E-state index < -0.39 is 23.6 Å². The van der Waals surface area contributed by atoms with E-state index in [0.717, 1.165) is 16.7 Å². The van der Waals surface area contributed by atoms with Crippen LogP contribution in [0.4, 0.5) is 26.3 Å². The van der Waals surface area contributed by atoms with Crippen LogP contribution in [0.3, 0.4) is 0 Å². The van der Waals surface area contributed by atoms with Gasteiger partial charge in [0, 0.05) is 6.20 Å². The SMILES string of the molecule is FC(F)(F)c1cc(Cl)c2nnc(Sc3ccc(C(F)(F)F)nn3)n2c1. The third-order valence-electron chi connectivity index (χ3n) is 2.88. The van der Waals surface area contributed by atoms with Gasteiger partial charge in [-0.2, -0.15) is 26.3 Å². The van der Waals surface area contributed by atoms with Crippen molar-refractivity contribution in [2.75, 3.05) is 0 Å². The van der Waals surface area contributed by atoms with Crippen molar-refractivity contribution in [2.24, 2.45) is 0 Å². The zero-order valence-corrected chi connectivity index (χ0v) is 13.2. The van der Waals surface area contributed by atoms with Crippen LogP contribution in [0.2, 0.25) is 5.02 Å². The van der Waals surface area contributed by atoms with Crippen LogP contribution in [0.5, 0.6) is 0 Å². The Morgan fingerprint density at radius 1 is 0.920 bits per heavy atom. The molecule has 3 heterocycles. The molecule has 0 aliphatic carbocycles. The molecule has 0 bridgehead atoms. The third-order valence-corrected chi connectivity index (χ3v) is 4.05. The van der Waals surface area contributed by atoms with Gasteiger partial charge in [0.2, 0.25) is 5.16 Å². The van der Waals surface area contributed by atoms with E-state index in [0.29, 0.717) is 23.9 Å². The minimum Gasteiger partial charge on any atom is -0.275 e. The summed E-state index contributed by atoms with van der Waals surface area (Å²) in [7, 11) is 0. The maximum Gasteiger partial charge on any atom is 0.435 e. The highest BCUT2D eigenvalue weighted by atomic mass is 35.5. The minimum atomic E-state index is -4.65. The molecular formula is C12H4ClF6N5S. The lowest BCUT2D eigenvalue weighted by Gasteiger charge is -2.08. The van der Waals surface area contributed by atoms with Crippen LogP contribution < -0.4 is 0 Å². The number of nitrogens with zero attached hydrogens (tertiary/aromatic N) is 5. The first-order valence-electron chi connectivity index (χ1n) is 6.26. The number of fused-ring (bicyclic) bond motifs is 1.